The summed E-state index contributed by atoms with van der Waals surface area (Å²) < 4.78 is 0. The van der Waals surface area contributed by atoms with Gasteiger partial charge in [-0.2, -0.15) is 5.10 Å². The zero-order chi connectivity index (χ0) is 16.9. The predicted octanol–water partition coefficient (Wildman–Crippen LogP) is 4.94. The number of aryl methyl sites for hydroxylation is 1. The van der Waals surface area contributed by atoms with Gasteiger partial charge in [0, 0.05) is 11.6 Å². The van der Waals surface area contributed by atoms with E-state index in [4.69, 9.17) is 11.6 Å². The van der Waals surface area contributed by atoms with Crippen LogP contribution in [0.3, 0.4) is 0 Å². The third kappa shape index (κ3) is 3.97. The van der Waals surface area contributed by atoms with E-state index in [0.29, 0.717) is 16.8 Å². The molecule has 2 aromatic carbocycles. The molecule has 0 saturated heterocycles. The monoisotopic (exact) mass is 336 g/mol. The van der Waals surface area contributed by atoms with Gasteiger partial charge < -0.3 is 0 Å². The van der Waals surface area contributed by atoms with E-state index < -0.39 is 0 Å². The summed E-state index contributed by atoms with van der Waals surface area (Å²) in [4.78, 5) is 8.73. The molecule has 24 heavy (non-hydrogen) atoms. The van der Waals surface area contributed by atoms with Crippen molar-refractivity contribution in [1.29, 1.82) is 0 Å². The van der Waals surface area contributed by atoms with Gasteiger partial charge in [-0.15, -0.1) is 0 Å². The van der Waals surface area contributed by atoms with Crippen LogP contribution in [-0.4, -0.2) is 15.7 Å². The van der Waals surface area contributed by atoms with E-state index in [2.05, 4.69) is 39.6 Å². The molecule has 1 N–H and O–H groups in total. The summed E-state index contributed by atoms with van der Waals surface area (Å²) in [5, 5.41) is 4.76. The molecule has 0 bridgehead atoms. The SMILES string of the molecule is C/C(=N/Nc1cc(Cl)nc(-c2ccccc2)n1)c1ccc(C)cc1. The Morgan fingerprint density at radius 3 is 2.42 bits per heavy atom. The maximum absolute atomic E-state index is 6.11. The molecule has 120 valence electrons. The molecule has 0 spiro atoms. The number of hydrogen-bond donors (Lipinski definition) is 1. The molecular formula is C19H17ClN4. The van der Waals surface area contributed by atoms with Crippen LogP contribution in [0, 0.1) is 6.92 Å². The number of nitrogens with one attached hydrogen (secondary N) is 1. The molecule has 1 heterocycles. The molecule has 0 aliphatic heterocycles. The molecule has 0 radical (unpaired) electrons. The fraction of sp³-hybridized carbons (Fsp3) is 0.105. The number of anilines is 1. The van der Waals surface area contributed by atoms with Crippen LogP contribution >= 0.6 is 11.6 Å². The Hall–Kier alpha value is -2.72. The van der Waals surface area contributed by atoms with Gasteiger partial charge >= 0.3 is 0 Å². The summed E-state index contributed by atoms with van der Waals surface area (Å²) >= 11 is 6.11. The Morgan fingerprint density at radius 2 is 1.71 bits per heavy atom. The van der Waals surface area contributed by atoms with E-state index >= 15 is 0 Å². The molecule has 0 aliphatic carbocycles. The van der Waals surface area contributed by atoms with E-state index in [-0.39, 0.29) is 0 Å². The second-order valence-electron chi connectivity index (χ2n) is 5.44. The number of benzene rings is 2. The fourth-order valence-electron chi connectivity index (χ4n) is 2.19. The second-order valence-corrected chi connectivity index (χ2v) is 5.83. The van der Waals surface area contributed by atoms with Crippen LogP contribution in [0.2, 0.25) is 5.15 Å². The summed E-state index contributed by atoms with van der Waals surface area (Å²) in [7, 11) is 0. The molecule has 4 nitrogen and oxygen atoms in total. The maximum atomic E-state index is 6.11. The Bertz CT molecular complexity index is 858. The first-order valence-corrected chi connectivity index (χ1v) is 7.97. The van der Waals surface area contributed by atoms with Crippen LogP contribution < -0.4 is 5.43 Å². The molecule has 1 aromatic heterocycles. The zero-order valence-corrected chi connectivity index (χ0v) is 14.2. The molecule has 3 aromatic rings. The van der Waals surface area contributed by atoms with Gasteiger partial charge in [0.2, 0.25) is 0 Å². The topological polar surface area (TPSA) is 50.2 Å². The molecule has 0 aliphatic rings. The number of rotatable bonds is 4. The molecule has 0 unspecified atom stereocenters. The van der Waals surface area contributed by atoms with Crippen molar-refractivity contribution in [1.82, 2.24) is 9.97 Å². The van der Waals surface area contributed by atoms with E-state index in [1.54, 1.807) is 6.07 Å². The zero-order valence-electron chi connectivity index (χ0n) is 13.5. The van der Waals surface area contributed by atoms with E-state index in [9.17, 15) is 0 Å². The average molecular weight is 337 g/mol. The third-order valence-corrected chi connectivity index (χ3v) is 3.73. The first kappa shape index (κ1) is 16.1. The molecule has 0 atom stereocenters. The largest absolute Gasteiger partial charge is 0.261 e. The Kier molecular flexibility index (Phi) is 4.87. The Labute approximate surface area is 146 Å². The lowest BCUT2D eigenvalue weighted by Gasteiger charge is -2.06. The molecule has 5 heteroatoms. The Balaban J connectivity index is 1.84. The number of aromatic nitrogens is 2. The molecular weight excluding hydrogens is 320 g/mol. The molecule has 0 fully saturated rings. The highest BCUT2D eigenvalue weighted by molar-refractivity contribution is 6.29. The first-order chi connectivity index (χ1) is 11.6. The summed E-state index contributed by atoms with van der Waals surface area (Å²) in [6, 6.07) is 19.6. The van der Waals surface area contributed by atoms with Crippen molar-refractivity contribution >= 4 is 23.1 Å². The van der Waals surface area contributed by atoms with Crippen LogP contribution in [0.15, 0.2) is 65.8 Å². The van der Waals surface area contributed by atoms with E-state index in [1.807, 2.05) is 49.4 Å². The predicted molar refractivity (Wildman–Crippen MR) is 99.5 cm³/mol. The summed E-state index contributed by atoms with van der Waals surface area (Å²) in [6.45, 7) is 4.00. The van der Waals surface area contributed by atoms with Crippen LogP contribution in [-0.2, 0) is 0 Å². The van der Waals surface area contributed by atoms with E-state index in [0.717, 1.165) is 16.8 Å². The van der Waals surface area contributed by atoms with Gasteiger partial charge in [0.05, 0.1) is 5.71 Å². The minimum absolute atomic E-state index is 0.370. The third-order valence-electron chi connectivity index (χ3n) is 3.53. The van der Waals surface area contributed by atoms with Crippen molar-refractivity contribution in [2.75, 3.05) is 5.43 Å². The van der Waals surface area contributed by atoms with Gasteiger partial charge in [-0.05, 0) is 19.4 Å². The number of nitrogens with zero attached hydrogens (tertiary/aromatic N) is 3. The highest BCUT2D eigenvalue weighted by Crippen LogP contribution is 2.20. The van der Waals surface area contributed by atoms with Gasteiger partial charge in [0.25, 0.3) is 0 Å². The van der Waals surface area contributed by atoms with Gasteiger partial charge in [0.15, 0.2) is 11.6 Å². The van der Waals surface area contributed by atoms with E-state index in [1.165, 1.54) is 5.56 Å². The normalized spacial score (nSPS) is 11.4. The van der Waals surface area contributed by atoms with Crippen molar-refractivity contribution in [3.8, 4) is 11.4 Å². The number of hydrogen-bond acceptors (Lipinski definition) is 4. The van der Waals surface area contributed by atoms with Crippen molar-refractivity contribution in [2.24, 2.45) is 5.10 Å². The van der Waals surface area contributed by atoms with Gasteiger partial charge in [0.1, 0.15) is 5.15 Å². The van der Waals surface area contributed by atoms with Crippen LogP contribution in [0.1, 0.15) is 18.1 Å². The van der Waals surface area contributed by atoms with Crippen molar-refractivity contribution in [3.63, 3.8) is 0 Å². The van der Waals surface area contributed by atoms with Crippen LogP contribution in [0.25, 0.3) is 11.4 Å². The van der Waals surface area contributed by atoms with Crippen molar-refractivity contribution in [3.05, 3.63) is 76.9 Å². The lowest BCUT2D eigenvalue weighted by Crippen LogP contribution is -2.02. The lowest BCUT2D eigenvalue weighted by molar-refractivity contribution is 1.14. The van der Waals surface area contributed by atoms with Crippen molar-refractivity contribution in [2.45, 2.75) is 13.8 Å². The second kappa shape index (κ2) is 7.23. The first-order valence-electron chi connectivity index (χ1n) is 7.59. The van der Waals surface area contributed by atoms with Crippen LogP contribution in [0.5, 0.6) is 0 Å². The fourth-order valence-corrected chi connectivity index (χ4v) is 2.38. The quantitative estimate of drug-likeness (QED) is 0.417. The smallest absolute Gasteiger partial charge is 0.163 e. The van der Waals surface area contributed by atoms with Gasteiger partial charge in [-0.25, -0.2) is 9.97 Å². The number of hydrazone groups is 1. The summed E-state index contributed by atoms with van der Waals surface area (Å²) in [6.07, 6.45) is 0. The number of halogens is 1. The maximum Gasteiger partial charge on any atom is 0.163 e. The van der Waals surface area contributed by atoms with Crippen molar-refractivity contribution < 1.29 is 0 Å². The van der Waals surface area contributed by atoms with Gasteiger partial charge in [-0.1, -0.05) is 71.8 Å². The minimum Gasteiger partial charge on any atom is -0.261 e. The highest BCUT2D eigenvalue weighted by atomic mass is 35.5. The summed E-state index contributed by atoms with van der Waals surface area (Å²) in [5.74, 6) is 1.12. The molecule has 3 rings (SSSR count). The molecule has 0 saturated carbocycles. The lowest BCUT2D eigenvalue weighted by atomic mass is 10.1. The standard InChI is InChI=1S/C19H17ClN4/c1-13-8-10-15(11-9-13)14(2)23-24-18-12-17(20)21-19(22-18)16-6-4-3-5-7-16/h3-12H,1-2H3,(H,21,22,24)/b23-14-. The highest BCUT2D eigenvalue weighted by Gasteiger charge is 2.05. The van der Waals surface area contributed by atoms with Crippen LogP contribution in [0.4, 0.5) is 5.82 Å². The molecule has 0 amide bonds. The minimum atomic E-state index is 0.370. The average Bonchev–Trinajstić information content (AvgIpc) is 2.60. The Morgan fingerprint density at radius 1 is 1.00 bits per heavy atom. The van der Waals surface area contributed by atoms with Gasteiger partial charge in [-0.3, -0.25) is 5.43 Å². The summed E-state index contributed by atoms with van der Waals surface area (Å²) in [5.41, 5.74) is 7.00.